The van der Waals surface area contributed by atoms with Crippen molar-refractivity contribution < 1.29 is 14.6 Å². The maximum Gasteiger partial charge on any atom is 0.323 e. The second-order valence-electron chi connectivity index (χ2n) is 4.94. The van der Waals surface area contributed by atoms with Gasteiger partial charge in [0.05, 0.1) is 0 Å². The van der Waals surface area contributed by atoms with E-state index in [2.05, 4.69) is 12.2 Å². The topological polar surface area (TPSA) is 58.6 Å². The normalized spacial score (nSPS) is 14.4. The first-order valence-electron chi connectivity index (χ1n) is 7.13. The summed E-state index contributed by atoms with van der Waals surface area (Å²) in [7, 11) is 0. The fourth-order valence-electron chi connectivity index (χ4n) is 1.85. The molecule has 1 atom stereocenters. The van der Waals surface area contributed by atoms with Crippen LogP contribution >= 0.6 is 0 Å². The molecule has 1 unspecified atom stereocenters. The summed E-state index contributed by atoms with van der Waals surface area (Å²) in [5, 5.41) is 12.1. The number of carbonyl (C=O) groups is 1. The van der Waals surface area contributed by atoms with Crippen molar-refractivity contribution in [1.82, 2.24) is 5.32 Å². The summed E-state index contributed by atoms with van der Waals surface area (Å²) >= 11 is 0. The predicted octanol–water partition coefficient (Wildman–Crippen LogP) is 2.82. The van der Waals surface area contributed by atoms with Crippen molar-refractivity contribution in [1.29, 1.82) is 0 Å². The Morgan fingerprint density at radius 2 is 1.83 bits per heavy atom. The van der Waals surface area contributed by atoms with E-state index in [1.54, 1.807) is 6.92 Å². The van der Waals surface area contributed by atoms with Crippen LogP contribution in [0.1, 0.15) is 59.3 Å². The lowest BCUT2D eigenvalue weighted by molar-refractivity contribution is -0.145. The van der Waals surface area contributed by atoms with Crippen LogP contribution in [0.15, 0.2) is 0 Å². The summed E-state index contributed by atoms with van der Waals surface area (Å²) in [5.41, 5.74) is -0.864. The molecule has 0 fully saturated rings. The van der Waals surface area contributed by atoms with Gasteiger partial charge in [0.1, 0.15) is 5.54 Å². The van der Waals surface area contributed by atoms with Crippen molar-refractivity contribution in [2.24, 2.45) is 0 Å². The number of likely N-dealkylation sites (N-methyl/N-ethyl adjacent to an activating group) is 1. The number of ether oxygens (including phenoxy) is 1. The molecule has 18 heavy (non-hydrogen) atoms. The molecule has 0 heterocycles. The summed E-state index contributed by atoms with van der Waals surface area (Å²) in [6, 6.07) is 0. The molecule has 0 amide bonds. The average Bonchev–Trinajstić information content (AvgIpc) is 2.33. The third-order valence-corrected chi connectivity index (χ3v) is 3.18. The van der Waals surface area contributed by atoms with Gasteiger partial charge in [0, 0.05) is 13.2 Å². The number of aliphatic carboxylic acids is 1. The molecule has 0 aromatic rings. The van der Waals surface area contributed by atoms with Crippen LogP contribution in [0.3, 0.4) is 0 Å². The molecule has 4 heteroatoms. The summed E-state index contributed by atoms with van der Waals surface area (Å²) in [4.78, 5) is 11.1. The highest BCUT2D eigenvalue weighted by atomic mass is 16.5. The van der Waals surface area contributed by atoms with Crippen molar-refractivity contribution in [2.45, 2.75) is 64.8 Å². The monoisotopic (exact) mass is 259 g/mol. The fraction of sp³-hybridized carbons (Fsp3) is 0.929. The van der Waals surface area contributed by atoms with Gasteiger partial charge in [0.25, 0.3) is 0 Å². The first-order chi connectivity index (χ1) is 8.56. The van der Waals surface area contributed by atoms with Gasteiger partial charge in [-0.1, -0.05) is 39.5 Å². The Hall–Kier alpha value is -0.610. The second kappa shape index (κ2) is 10.3. The van der Waals surface area contributed by atoms with Crippen molar-refractivity contribution in [3.63, 3.8) is 0 Å². The number of rotatable bonds is 12. The van der Waals surface area contributed by atoms with Gasteiger partial charge in [-0.15, -0.1) is 0 Å². The molecule has 0 rings (SSSR count). The van der Waals surface area contributed by atoms with E-state index < -0.39 is 11.5 Å². The van der Waals surface area contributed by atoms with E-state index >= 15 is 0 Å². The van der Waals surface area contributed by atoms with Crippen LogP contribution in [-0.2, 0) is 9.53 Å². The highest BCUT2D eigenvalue weighted by Gasteiger charge is 2.31. The zero-order valence-corrected chi connectivity index (χ0v) is 12.1. The smallest absolute Gasteiger partial charge is 0.323 e. The summed E-state index contributed by atoms with van der Waals surface area (Å²) in [5.74, 6) is -0.809. The van der Waals surface area contributed by atoms with Crippen LogP contribution in [0.2, 0.25) is 0 Å². The lowest BCUT2D eigenvalue weighted by Crippen LogP contribution is -2.50. The number of hydrogen-bond donors (Lipinski definition) is 2. The number of hydrogen-bond acceptors (Lipinski definition) is 3. The van der Waals surface area contributed by atoms with Gasteiger partial charge < -0.3 is 15.2 Å². The van der Waals surface area contributed by atoms with E-state index in [0.717, 1.165) is 13.0 Å². The third-order valence-electron chi connectivity index (χ3n) is 3.18. The molecule has 0 bridgehead atoms. The Morgan fingerprint density at radius 3 is 2.39 bits per heavy atom. The van der Waals surface area contributed by atoms with Crippen LogP contribution < -0.4 is 5.32 Å². The van der Waals surface area contributed by atoms with Crippen molar-refractivity contribution in [3.05, 3.63) is 0 Å². The first-order valence-corrected chi connectivity index (χ1v) is 7.13. The minimum Gasteiger partial charge on any atom is -0.480 e. The molecule has 0 spiro atoms. The Kier molecular flexibility index (Phi) is 9.98. The van der Waals surface area contributed by atoms with E-state index in [0.29, 0.717) is 19.6 Å². The molecule has 108 valence electrons. The fourth-order valence-corrected chi connectivity index (χ4v) is 1.85. The van der Waals surface area contributed by atoms with E-state index in [4.69, 9.17) is 9.84 Å². The minimum atomic E-state index is -0.864. The van der Waals surface area contributed by atoms with Gasteiger partial charge in [-0.05, 0) is 26.3 Å². The SMILES string of the molecule is CCCCCCCOCCC(C)(NCC)C(=O)O. The first kappa shape index (κ1) is 17.4. The zero-order chi connectivity index (χ0) is 13.9. The van der Waals surface area contributed by atoms with Gasteiger partial charge in [-0.3, -0.25) is 4.79 Å². The van der Waals surface area contributed by atoms with E-state index in [-0.39, 0.29) is 0 Å². The quantitative estimate of drug-likeness (QED) is 0.529. The molecule has 0 saturated heterocycles. The molecule has 0 radical (unpaired) electrons. The number of carboxylic acid groups (broad SMARTS) is 1. The second-order valence-corrected chi connectivity index (χ2v) is 4.94. The van der Waals surface area contributed by atoms with E-state index in [1.165, 1.54) is 25.7 Å². The molecular weight excluding hydrogens is 230 g/mol. The van der Waals surface area contributed by atoms with E-state index in [1.807, 2.05) is 6.92 Å². The van der Waals surface area contributed by atoms with Gasteiger partial charge in [0.2, 0.25) is 0 Å². The van der Waals surface area contributed by atoms with Crippen LogP contribution in [0.4, 0.5) is 0 Å². The lowest BCUT2D eigenvalue weighted by atomic mass is 9.99. The largest absolute Gasteiger partial charge is 0.480 e. The van der Waals surface area contributed by atoms with Crippen LogP contribution in [0, 0.1) is 0 Å². The molecule has 0 aromatic heterocycles. The van der Waals surface area contributed by atoms with E-state index in [9.17, 15) is 4.79 Å². The minimum absolute atomic E-state index is 0.504. The van der Waals surface area contributed by atoms with Crippen molar-refractivity contribution in [2.75, 3.05) is 19.8 Å². The number of unbranched alkanes of at least 4 members (excludes halogenated alkanes) is 4. The molecule has 0 saturated carbocycles. The summed E-state index contributed by atoms with van der Waals surface area (Å²) < 4.78 is 5.50. The van der Waals surface area contributed by atoms with Gasteiger partial charge in [-0.25, -0.2) is 0 Å². The van der Waals surface area contributed by atoms with Gasteiger partial charge >= 0.3 is 5.97 Å². The Balaban J connectivity index is 3.59. The molecular formula is C14H29NO3. The van der Waals surface area contributed by atoms with Gasteiger partial charge in [-0.2, -0.15) is 0 Å². The van der Waals surface area contributed by atoms with Gasteiger partial charge in [0.15, 0.2) is 0 Å². The molecule has 0 aliphatic heterocycles. The Morgan fingerprint density at radius 1 is 1.17 bits per heavy atom. The predicted molar refractivity (Wildman–Crippen MR) is 73.9 cm³/mol. The Bertz CT molecular complexity index is 221. The number of carboxylic acids is 1. The highest BCUT2D eigenvalue weighted by Crippen LogP contribution is 2.10. The molecule has 0 aliphatic carbocycles. The maximum atomic E-state index is 11.1. The number of nitrogens with one attached hydrogen (secondary N) is 1. The summed E-state index contributed by atoms with van der Waals surface area (Å²) in [6.45, 7) is 7.72. The molecule has 0 aliphatic rings. The van der Waals surface area contributed by atoms with Crippen LogP contribution in [0.5, 0.6) is 0 Å². The molecule has 2 N–H and O–H groups in total. The third kappa shape index (κ3) is 7.67. The zero-order valence-electron chi connectivity index (χ0n) is 12.1. The highest BCUT2D eigenvalue weighted by molar-refractivity contribution is 5.78. The van der Waals surface area contributed by atoms with Crippen LogP contribution in [0.25, 0.3) is 0 Å². The average molecular weight is 259 g/mol. The van der Waals surface area contributed by atoms with Crippen molar-refractivity contribution in [3.8, 4) is 0 Å². The standard InChI is InChI=1S/C14H29NO3/c1-4-6-7-8-9-11-18-12-10-14(3,13(16)17)15-5-2/h15H,4-12H2,1-3H3,(H,16,17). The summed E-state index contributed by atoms with van der Waals surface area (Å²) in [6.07, 6.45) is 6.59. The lowest BCUT2D eigenvalue weighted by Gasteiger charge is -2.25. The molecule has 4 nitrogen and oxygen atoms in total. The molecule has 0 aromatic carbocycles. The van der Waals surface area contributed by atoms with Crippen molar-refractivity contribution >= 4 is 5.97 Å². The Labute approximate surface area is 111 Å². The van der Waals surface area contributed by atoms with Crippen LogP contribution in [-0.4, -0.2) is 36.4 Å². The maximum absolute atomic E-state index is 11.1.